The van der Waals surface area contributed by atoms with Crippen molar-refractivity contribution in [3.63, 3.8) is 0 Å². The zero-order valence-electron chi connectivity index (χ0n) is 11.9. The first kappa shape index (κ1) is 13.8. The Kier molecular flexibility index (Phi) is 3.75. The molecule has 0 heterocycles. The molecule has 0 N–H and O–H groups in total. The van der Waals surface area contributed by atoms with E-state index in [2.05, 4.69) is 19.9 Å². The van der Waals surface area contributed by atoms with E-state index < -0.39 is 5.92 Å². The van der Waals surface area contributed by atoms with E-state index in [9.17, 15) is 10.1 Å². The van der Waals surface area contributed by atoms with Crippen molar-refractivity contribution >= 4 is 5.78 Å². The van der Waals surface area contributed by atoms with E-state index in [0.29, 0.717) is 0 Å². The number of hydrogen-bond acceptors (Lipinski definition) is 2. The molecule has 0 spiro atoms. The third-order valence-electron chi connectivity index (χ3n) is 4.39. The molecule has 2 heteroatoms. The van der Waals surface area contributed by atoms with Crippen LogP contribution < -0.4 is 0 Å². The molecular weight excluding hydrogens is 234 g/mol. The highest BCUT2D eigenvalue weighted by atomic mass is 16.1. The molecule has 19 heavy (non-hydrogen) atoms. The van der Waals surface area contributed by atoms with Gasteiger partial charge in [-0.1, -0.05) is 50.1 Å². The molecule has 2 nitrogen and oxygen atoms in total. The van der Waals surface area contributed by atoms with Gasteiger partial charge in [-0.15, -0.1) is 0 Å². The minimum atomic E-state index is -0.609. The highest BCUT2D eigenvalue weighted by molar-refractivity contribution is 5.91. The number of carbonyl (C=O) groups excluding carboxylic acids is 1. The third-order valence-corrected chi connectivity index (χ3v) is 4.39. The van der Waals surface area contributed by atoms with Gasteiger partial charge in [0.05, 0.1) is 6.07 Å². The van der Waals surface area contributed by atoms with Crippen LogP contribution in [0, 0.1) is 29.6 Å². The molecule has 0 bridgehead atoms. The average Bonchev–Trinajstić information content (AvgIpc) is 2.70. The summed E-state index contributed by atoms with van der Waals surface area (Å²) in [7, 11) is 0. The number of nitriles is 1. The first-order valence-electron chi connectivity index (χ1n) is 6.95. The zero-order chi connectivity index (χ0) is 14.0. The highest BCUT2D eigenvalue weighted by Gasteiger charge is 2.42. The number of rotatable bonds is 3. The molecule has 0 aromatic heterocycles. The summed E-state index contributed by atoms with van der Waals surface area (Å²) in [5.74, 6) is -0.476. The summed E-state index contributed by atoms with van der Waals surface area (Å²) in [6.07, 6.45) is 3.10. The summed E-state index contributed by atoms with van der Waals surface area (Å²) < 4.78 is 0. The highest BCUT2D eigenvalue weighted by Crippen LogP contribution is 2.45. The van der Waals surface area contributed by atoms with E-state index in [-0.39, 0.29) is 17.1 Å². The summed E-state index contributed by atoms with van der Waals surface area (Å²) in [5, 5.41) is 9.40. The molecule has 1 aromatic carbocycles. The standard InChI is InChI=1S/C17H21NO/c1-12-6-4-7-13(10-12)14(11-18)16(19)15-8-5-9-17(15,2)3/h4,6-7,10,14-15H,5,8-9H2,1-3H3. The predicted octanol–water partition coefficient (Wildman–Crippen LogP) is 4.00. The maximum absolute atomic E-state index is 12.7. The Balaban J connectivity index is 2.28. The SMILES string of the molecule is Cc1cccc(C(C#N)C(=O)C2CCCC2(C)C)c1. The fourth-order valence-corrected chi connectivity index (χ4v) is 3.21. The van der Waals surface area contributed by atoms with Gasteiger partial charge in [0.2, 0.25) is 0 Å². The number of carbonyl (C=O) groups is 1. The number of nitrogens with zero attached hydrogens (tertiary/aromatic N) is 1. The Morgan fingerprint density at radius 1 is 1.47 bits per heavy atom. The molecule has 2 rings (SSSR count). The van der Waals surface area contributed by atoms with E-state index in [1.807, 2.05) is 31.2 Å². The lowest BCUT2D eigenvalue weighted by Gasteiger charge is -2.27. The predicted molar refractivity (Wildman–Crippen MR) is 75.7 cm³/mol. The van der Waals surface area contributed by atoms with E-state index in [1.54, 1.807) is 0 Å². The van der Waals surface area contributed by atoms with Gasteiger partial charge in [0, 0.05) is 5.92 Å². The van der Waals surface area contributed by atoms with E-state index in [4.69, 9.17) is 0 Å². The van der Waals surface area contributed by atoms with Gasteiger partial charge in [-0.25, -0.2) is 0 Å². The van der Waals surface area contributed by atoms with Crippen LogP contribution in [0.1, 0.15) is 50.2 Å². The molecule has 1 aliphatic carbocycles. The summed E-state index contributed by atoms with van der Waals surface area (Å²) in [6, 6.07) is 9.96. The van der Waals surface area contributed by atoms with Gasteiger partial charge in [-0.2, -0.15) is 5.26 Å². The molecule has 2 atom stereocenters. The van der Waals surface area contributed by atoms with Gasteiger partial charge in [-0.3, -0.25) is 4.79 Å². The minimum Gasteiger partial charge on any atom is -0.298 e. The summed E-state index contributed by atoms with van der Waals surface area (Å²) in [4.78, 5) is 12.7. The van der Waals surface area contributed by atoms with Gasteiger partial charge in [0.1, 0.15) is 5.92 Å². The number of aryl methyl sites for hydroxylation is 1. The Labute approximate surface area is 115 Å². The molecule has 0 saturated heterocycles. The van der Waals surface area contributed by atoms with Crippen molar-refractivity contribution in [3.8, 4) is 6.07 Å². The van der Waals surface area contributed by atoms with Gasteiger partial charge in [0.25, 0.3) is 0 Å². The summed E-state index contributed by atoms with van der Waals surface area (Å²) >= 11 is 0. The normalized spacial score (nSPS) is 22.7. The van der Waals surface area contributed by atoms with Crippen molar-refractivity contribution in [2.45, 2.75) is 46.0 Å². The molecule has 0 aliphatic heterocycles. The molecule has 1 aliphatic rings. The summed E-state index contributed by atoms with van der Waals surface area (Å²) in [5.41, 5.74) is 1.97. The smallest absolute Gasteiger partial charge is 0.158 e. The van der Waals surface area contributed by atoms with Crippen molar-refractivity contribution in [1.82, 2.24) is 0 Å². The van der Waals surface area contributed by atoms with Crippen molar-refractivity contribution in [2.24, 2.45) is 11.3 Å². The molecule has 1 fully saturated rings. The lowest BCUT2D eigenvalue weighted by atomic mass is 9.75. The summed E-state index contributed by atoms with van der Waals surface area (Å²) in [6.45, 7) is 6.28. The maximum atomic E-state index is 12.7. The third kappa shape index (κ3) is 2.71. The van der Waals surface area contributed by atoms with E-state index >= 15 is 0 Å². The van der Waals surface area contributed by atoms with Crippen molar-refractivity contribution < 1.29 is 4.79 Å². The van der Waals surface area contributed by atoms with Gasteiger partial charge in [0.15, 0.2) is 5.78 Å². The van der Waals surface area contributed by atoms with E-state index in [1.165, 1.54) is 0 Å². The van der Waals surface area contributed by atoms with Gasteiger partial charge in [-0.05, 0) is 30.7 Å². The van der Waals surface area contributed by atoms with Gasteiger partial charge < -0.3 is 0 Å². The number of hydrogen-bond donors (Lipinski definition) is 0. The number of ketones is 1. The first-order valence-corrected chi connectivity index (χ1v) is 6.95. The molecule has 100 valence electrons. The number of benzene rings is 1. The van der Waals surface area contributed by atoms with Crippen LogP contribution in [0.3, 0.4) is 0 Å². The van der Waals surface area contributed by atoms with E-state index in [0.717, 1.165) is 30.4 Å². The molecular formula is C17H21NO. The van der Waals surface area contributed by atoms with Crippen LogP contribution in [-0.4, -0.2) is 5.78 Å². The second kappa shape index (κ2) is 5.17. The molecule has 0 amide bonds. The van der Waals surface area contributed by atoms with Gasteiger partial charge >= 0.3 is 0 Å². The number of Topliss-reactive ketones (excluding diaryl/α,β-unsaturated/α-hetero) is 1. The van der Waals surface area contributed by atoms with Crippen LogP contribution in [0.2, 0.25) is 0 Å². The lowest BCUT2D eigenvalue weighted by Crippen LogP contribution is -2.29. The first-order chi connectivity index (χ1) is 8.95. The molecule has 1 saturated carbocycles. The second-order valence-electron chi connectivity index (χ2n) is 6.31. The topological polar surface area (TPSA) is 40.9 Å². The second-order valence-corrected chi connectivity index (χ2v) is 6.31. The molecule has 2 unspecified atom stereocenters. The van der Waals surface area contributed by atoms with Crippen LogP contribution in [0.4, 0.5) is 0 Å². The van der Waals surface area contributed by atoms with Crippen molar-refractivity contribution in [3.05, 3.63) is 35.4 Å². The fraction of sp³-hybridized carbons (Fsp3) is 0.529. The zero-order valence-corrected chi connectivity index (χ0v) is 11.9. The Morgan fingerprint density at radius 3 is 2.74 bits per heavy atom. The minimum absolute atomic E-state index is 0.0256. The van der Waals surface area contributed by atoms with Crippen molar-refractivity contribution in [1.29, 1.82) is 5.26 Å². The largest absolute Gasteiger partial charge is 0.298 e. The van der Waals surface area contributed by atoms with Crippen LogP contribution in [0.15, 0.2) is 24.3 Å². The monoisotopic (exact) mass is 255 g/mol. The fourth-order valence-electron chi connectivity index (χ4n) is 3.21. The van der Waals surface area contributed by atoms with Crippen LogP contribution in [0.5, 0.6) is 0 Å². The Morgan fingerprint density at radius 2 is 2.21 bits per heavy atom. The lowest BCUT2D eigenvalue weighted by molar-refractivity contribution is -0.125. The molecule has 0 radical (unpaired) electrons. The average molecular weight is 255 g/mol. The van der Waals surface area contributed by atoms with Crippen LogP contribution in [-0.2, 0) is 4.79 Å². The quantitative estimate of drug-likeness (QED) is 0.819. The van der Waals surface area contributed by atoms with Crippen molar-refractivity contribution in [2.75, 3.05) is 0 Å². The van der Waals surface area contributed by atoms with Crippen LogP contribution in [0.25, 0.3) is 0 Å². The maximum Gasteiger partial charge on any atom is 0.158 e. The molecule has 1 aromatic rings. The van der Waals surface area contributed by atoms with Crippen LogP contribution >= 0.6 is 0 Å². The Hall–Kier alpha value is -1.62. The Bertz CT molecular complexity index is 524.